The molecule has 3 N–H and O–H groups in total. The van der Waals surface area contributed by atoms with Gasteiger partial charge in [0, 0.05) is 20.2 Å². The molecule has 1 heterocycles. The molecule has 0 atom stereocenters. The van der Waals surface area contributed by atoms with E-state index < -0.39 is 0 Å². The van der Waals surface area contributed by atoms with Gasteiger partial charge in [-0.15, -0.1) is 11.3 Å². The highest BCUT2D eigenvalue weighted by molar-refractivity contribution is 9.10. The van der Waals surface area contributed by atoms with E-state index >= 15 is 0 Å². The molecule has 0 saturated heterocycles. The molecule has 0 aliphatic carbocycles. The number of carbonyl (C=O) groups excluding carboxylic acids is 1. The second-order valence-corrected chi connectivity index (χ2v) is 6.77. The number of thiophene rings is 1. The first-order valence-corrected chi connectivity index (χ1v) is 8.01. The number of halogens is 1. The summed E-state index contributed by atoms with van der Waals surface area (Å²) in [7, 11) is 0. The van der Waals surface area contributed by atoms with Crippen molar-refractivity contribution in [3.63, 3.8) is 0 Å². The zero-order chi connectivity index (χ0) is 15.0. The van der Waals surface area contributed by atoms with Gasteiger partial charge < -0.3 is 11.1 Å². The van der Waals surface area contributed by atoms with Crippen LogP contribution in [-0.4, -0.2) is 5.91 Å². The van der Waals surface area contributed by atoms with Crippen LogP contribution >= 0.6 is 27.3 Å². The molecule has 3 nitrogen and oxygen atoms in total. The number of nitrogens with two attached hydrogens (primary N) is 1. The average Bonchev–Trinajstić information content (AvgIpc) is 2.79. The first-order chi connectivity index (χ1) is 10.0. The summed E-state index contributed by atoms with van der Waals surface area (Å²) in [6.45, 7) is 2.01. The predicted molar refractivity (Wildman–Crippen MR) is 93.1 cm³/mol. The molecule has 3 rings (SSSR count). The maximum absolute atomic E-state index is 12.4. The minimum absolute atomic E-state index is 0.173. The van der Waals surface area contributed by atoms with Gasteiger partial charge in [0.1, 0.15) is 4.88 Å². The van der Waals surface area contributed by atoms with Crippen LogP contribution in [0.15, 0.2) is 46.9 Å². The van der Waals surface area contributed by atoms with Crippen LogP contribution in [0.2, 0.25) is 0 Å². The summed E-state index contributed by atoms with van der Waals surface area (Å²) in [5.41, 5.74) is 8.56. The van der Waals surface area contributed by atoms with Crippen molar-refractivity contribution >= 4 is 54.6 Å². The molecule has 1 amide bonds. The van der Waals surface area contributed by atoms with Gasteiger partial charge in [0.25, 0.3) is 5.91 Å². The standard InChI is InChI=1S/C16H13BrN2OS/c1-9-2-7-13-12(8-9)14(18)15(21-13)16(20)19-11-5-3-10(17)4-6-11/h2-8H,18H2,1H3,(H,19,20). The molecule has 0 spiro atoms. The quantitative estimate of drug-likeness (QED) is 0.688. The van der Waals surface area contributed by atoms with Gasteiger partial charge in [-0.3, -0.25) is 4.79 Å². The van der Waals surface area contributed by atoms with Crippen LogP contribution in [0.1, 0.15) is 15.2 Å². The summed E-state index contributed by atoms with van der Waals surface area (Å²) in [6, 6.07) is 13.5. The van der Waals surface area contributed by atoms with E-state index in [0.717, 1.165) is 25.8 Å². The van der Waals surface area contributed by atoms with Crippen molar-refractivity contribution in [2.75, 3.05) is 11.1 Å². The van der Waals surface area contributed by atoms with Crippen molar-refractivity contribution in [3.05, 3.63) is 57.4 Å². The number of rotatable bonds is 2. The minimum Gasteiger partial charge on any atom is -0.397 e. The number of amides is 1. The van der Waals surface area contributed by atoms with E-state index in [1.54, 1.807) is 0 Å². The SMILES string of the molecule is Cc1ccc2sc(C(=O)Nc3ccc(Br)cc3)c(N)c2c1. The lowest BCUT2D eigenvalue weighted by Gasteiger charge is -2.04. The molecule has 21 heavy (non-hydrogen) atoms. The third-order valence-corrected chi connectivity index (χ3v) is 4.90. The van der Waals surface area contributed by atoms with Gasteiger partial charge in [-0.05, 0) is 43.3 Å². The molecule has 2 aromatic carbocycles. The topological polar surface area (TPSA) is 55.1 Å². The average molecular weight is 361 g/mol. The number of nitrogen functional groups attached to an aromatic ring is 1. The van der Waals surface area contributed by atoms with Crippen LogP contribution in [-0.2, 0) is 0 Å². The Labute approximate surface area is 134 Å². The van der Waals surface area contributed by atoms with E-state index in [-0.39, 0.29) is 5.91 Å². The fraction of sp³-hybridized carbons (Fsp3) is 0.0625. The van der Waals surface area contributed by atoms with Crippen LogP contribution in [0.4, 0.5) is 11.4 Å². The van der Waals surface area contributed by atoms with Gasteiger partial charge in [-0.2, -0.15) is 0 Å². The van der Waals surface area contributed by atoms with Crippen LogP contribution in [0, 0.1) is 6.92 Å². The van der Waals surface area contributed by atoms with Gasteiger partial charge in [0.05, 0.1) is 5.69 Å². The molecule has 0 bridgehead atoms. The minimum atomic E-state index is -0.173. The Morgan fingerprint density at radius 1 is 1.19 bits per heavy atom. The molecule has 3 aromatic rings. The molecule has 0 aliphatic heterocycles. The first kappa shape index (κ1) is 14.1. The monoisotopic (exact) mass is 360 g/mol. The van der Waals surface area contributed by atoms with Gasteiger partial charge in [0.15, 0.2) is 0 Å². The largest absolute Gasteiger partial charge is 0.397 e. The highest BCUT2D eigenvalue weighted by atomic mass is 79.9. The van der Waals surface area contributed by atoms with Crippen molar-refractivity contribution in [2.24, 2.45) is 0 Å². The summed E-state index contributed by atoms with van der Waals surface area (Å²) < 4.78 is 2.00. The third kappa shape index (κ3) is 2.80. The van der Waals surface area contributed by atoms with Gasteiger partial charge in [-0.25, -0.2) is 0 Å². The van der Waals surface area contributed by atoms with E-state index in [1.165, 1.54) is 11.3 Å². The molecular formula is C16H13BrN2OS. The molecule has 0 fully saturated rings. The van der Waals surface area contributed by atoms with E-state index in [0.29, 0.717) is 10.6 Å². The molecule has 0 saturated carbocycles. The van der Waals surface area contributed by atoms with E-state index in [4.69, 9.17) is 5.73 Å². The van der Waals surface area contributed by atoms with Gasteiger partial charge in [-0.1, -0.05) is 27.6 Å². The predicted octanol–water partition coefficient (Wildman–Crippen LogP) is 4.81. The van der Waals surface area contributed by atoms with E-state index in [2.05, 4.69) is 21.2 Å². The van der Waals surface area contributed by atoms with Crippen molar-refractivity contribution in [3.8, 4) is 0 Å². The maximum atomic E-state index is 12.4. The van der Waals surface area contributed by atoms with E-state index in [1.807, 2.05) is 49.4 Å². The van der Waals surface area contributed by atoms with Crippen molar-refractivity contribution < 1.29 is 4.79 Å². The number of carbonyl (C=O) groups is 1. The highest BCUT2D eigenvalue weighted by Gasteiger charge is 2.16. The lowest BCUT2D eigenvalue weighted by Crippen LogP contribution is -2.11. The van der Waals surface area contributed by atoms with Crippen molar-refractivity contribution in [2.45, 2.75) is 6.92 Å². The fourth-order valence-corrected chi connectivity index (χ4v) is 3.38. The maximum Gasteiger partial charge on any atom is 0.267 e. The molecule has 0 unspecified atom stereocenters. The van der Waals surface area contributed by atoms with Gasteiger partial charge in [0.2, 0.25) is 0 Å². The second-order valence-electron chi connectivity index (χ2n) is 4.81. The molecule has 106 valence electrons. The molecule has 5 heteroatoms. The van der Waals surface area contributed by atoms with Gasteiger partial charge >= 0.3 is 0 Å². The molecule has 1 aromatic heterocycles. The van der Waals surface area contributed by atoms with Crippen LogP contribution < -0.4 is 11.1 Å². The first-order valence-electron chi connectivity index (χ1n) is 6.40. The van der Waals surface area contributed by atoms with Crippen LogP contribution in [0.5, 0.6) is 0 Å². The molecule has 0 radical (unpaired) electrons. The Morgan fingerprint density at radius 2 is 1.90 bits per heavy atom. The second kappa shape index (κ2) is 5.50. The lowest BCUT2D eigenvalue weighted by molar-refractivity contribution is 0.103. The summed E-state index contributed by atoms with van der Waals surface area (Å²) in [5, 5.41) is 3.82. The lowest BCUT2D eigenvalue weighted by atomic mass is 10.1. The molecular weight excluding hydrogens is 348 g/mol. The highest BCUT2D eigenvalue weighted by Crippen LogP contribution is 2.34. The number of nitrogens with one attached hydrogen (secondary N) is 1. The summed E-state index contributed by atoms with van der Waals surface area (Å²) in [6.07, 6.45) is 0. The van der Waals surface area contributed by atoms with Crippen LogP contribution in [0.3, 0.4) is 0 Å². The van der Waals surface area contributed by atoms with Crippen molar-refractivity contribution in [1.82, 2.24) is 0 Å². The number of hydrogen-bond acceptors (Lipinski definition) is 3. The fourth-order valence-electron chi connectivity index (χ4n) is 2.12. The zero-order valence-corrected chi connectivity index (χ0v) is 13.7. The van der Waals surface area contributed by atoms with E-state index in [9.17, 15) is 4.79 Å². The smallest absolute Gasteiger partial charge is 0.267 e. The third-order valence-electron chi connectivity index (χ3n) is 3.19. The summed E-state index contributed by atoms with van der Waals surface area (Å²) in [5.74, 6) is -0.173. The Balaban J connectivity index is 1.94. The zero-order valence-electron chi connectivity index (χ0n) is 11.3. The Kier molecular flexibility index (Phi) is 3.69. The number of fused-ring (bicyclic) bond motifs is 1. The summed E-state index contributed by atoms with van der Waals surface area (Å²) >= 11 is 4.78. The number of benzene rings is 2. The normalized spacial score (nSPS) is 10.8. The van der Waals surface area contributed by atoms with Crippen molar-refractivity contribution in [1.29, 1.82) is 0 Å². The Bertz CT molecular complexity index is 824. The number of aryl methyl sites for hydroxylation is 1. The van der Waals surface area contributed by atoms with Crippen LogP contribution in [0.25, 0.3) is 10.1 Å². The Morgan fingerprint density at radius 3 is 2.62 bits per heavy atom. The number of anilines is 2. The number of hydrogen-bond donors (Lipinski definition) is 2. The summed E-state index contributed by atoms with van der Waals surface area (Å²) in [4.78, 5) is 12.9. The Hall–Kier alpha value is -1.85. The molecule has 0 aliphatic rings.